The topological polar surface area (TPSA) is 46.9 Å². The number of nitrogens with one attached hydrogen (secondary N) is 1. The van der Waals surface area contributed by atoms with Gasteiger partial charge in [0.2, 0.25) is 6.41 Å². The van der Waals surface area contributed by atoms with Gasteiger partial charge in [0.15, 0.2) is 0 Å². The highest BCUT2D eigenvalue weighted by molar-refractivity contribution is 9.11. The Balaban J connectivity index is 2.48. The van der Waals surface area contributed by atoms with Gasteiger partial charge in [-0.3, -0.25) is 4.79 Å². The number of halogens is 1. The maximum Gasteiger partial charge on any atom is 0.207 e. The summed E-state index contributed by atoms with van der Waals surface area (Å²) in [5.41, 5.74) is 1.96. The molecule has 88 valence electrons. The number of imidazole rings is 1. The van der Waals surface area contributed by atoms with Gasteiger partial charge in [0.05, 0.1) is 24.1 Å². The normalized spacial score (nSPS) is 10.4. The lowest BCUT2D eigenvalue weighted by Gasteiger charge is -2.07. The highest BCUT2D eigenvalue weighted by Gasteiger charge is 2.09. The molecule has 0 aliphatic carbocycles. The number of allylic oxidation sites excluding steroid dienone is 1. The van der Waals surface area contributed by atoms with Crippen LogP contribution in [0, 0.1) is 0 Å². The van der Waals surface area contributed by atoms with Gasteiger partial charge < -0.3 is 9.88 Å². The van der Waals surface area contributed by atoms with Crippen LogP contribution in [0.5, 0.6) is 0 Å². The number of para-hydroxylation sites is 2. The van der Waals surface area contributed by atoms with E-state index in [2.05, 4.69) is 32.8 Å². The zero-order valence-corrected chi connectivity index (χ0v) is 10.8. The molecular weight excluding hydrogens is 282 g/mol. The second kappa shape index (κ2) is 5.14. The molecule has 0 unspecified atom stereocenters. The molecule has 0 atom stereocenters. The van der Waals surface area contributed by atoms with Gasteiger partial charge in [-0.2, -0.15) is 0 Å². The predicted octanol–water partition coefficient (Wildman–Crippen LogP) is 2.19. The first kappa shape index (κ1) is 11.9. The summed E-state index contributed by atoms with van der Waals surface area (Å²) in [7, 11) is 0. The Morgan fingerprint density at radius 3 is 3.00 bits per heavy atom. The second-order valence-electron chi connectivity index (χ2n) is 3.62. The van der Waals surface area contributed by atoms with Crippen molar-refractivity contribution in [1.82, 2.24) is 14.9 Å². The number of rotatable bonds is 5. The Bertz CT molecular complexity index is 562. The summed E-state index contributed by atoms with van der Waals surface area (Å²) in [6.07, 6.45) is 0.673. The van der Waals surface area contributed by atoms with E-state index in [0.717, 1.165) is 21.3 Å². The number of hydrogen-bond acceptors (Lipinski definition) is 2. The van der Waals surface area contributed by atoms with Gasteiger partial charge in [-0.25, -0.2) is 4.98 Å². The number of nitrogens with zero attached hydrogens (tertiary/aromatic N) is 2. The van der Waals surface area contributed by atoms with E-state index in [1.165, 1.54) is 0 Å². The minimum atomic E-state index is 0.415. The Hall–Kier alpha value is -1.62. The van der Waals surface area contributed by atoms with Gasteiger partial charge >= 0.3 is 0 Å². The van der Waals surface area contributed by atoms with Crippen LogP contribution in [0.4, 0.5) is 0 Å². The number of fused-ring (bicyclic) bond motifs is 1. The van der Waals surface area contributed by atoms with E-state index in [-0.39, 0.29) is 0 Å². The first-order valence-electron chi connectivity index (χ1n) is 5.17. The molecule has 1 heterocycles. The van der Waals surface area contributed by atoms with Gasteiger partial charge in [-0.15, -0.1) is 0 Å². The summed E-state index contributed by atoms with van der Waals surface area (Å²) in [6.45, 7) is 4.89. The van der Waals surface area contributed by atoms with E-state index in [1.807, 2.05) is 28.8 Å². The first-order chi connectivity index (χ1) is 8.22. The van der Waals surface area contributed by atoms with Crippen molar-refractivity contribution >= 4 is 33.4 Å². The van der Waals surface area contributed by atoms with Crippen molar-refractivity contribution in [1.29, 1.82) is 0 Å². The molecule has 1 amide bonds. The minimum absolute atomic E-state index is 0.415. The van der Waals surface area contributed by atoms with Crippen LogP contribution in [0.2, 0.25) is 0 Å². The van der Waals surface area contributed by atoms with Crippen LogP contribution in [0.1, 0.15) is 5.82 Å². The van der Waals surface area contributed by atoms with Crippen molar-refractivity contribution < 1.29 is 4.79 Å². The second-order valence-corrected chi connectivity index (χ2v) is 4.74. The Labute approximate surface area is 107 Å². The van der Waals surface area contributed by atoms with Gasteiger partial charge in [0.1, 0.15) is 5.82 Å². The number of carbonyl (C=O) groups is 1. The number of aromatic nitrogens is 2. The van der Waals surface area contributed by atoms with Crippen LogP contribution in [-0.2, 0) is 17.9 Å². The van der Waals surface area contributed by atoms with Crippen molar-refractivity contribution in [2.45, 2.75) is 13.1 Å². The fourth-order valence-corrected chi connectivity index (χ4v) is 1.99. The van der Waals surface area contributed by atoms with Crippen molar-refractivity contribution in [2.24, 2.45) is 0 Å². The Morgan fingerprint density at radius 2 is 2.29 bits per heavy atom. The SMILES string of the molecule is C=C(Br)Cn1c(CNC=O)nc2ccccc21. The van der Waals surface area contributed by atoms with Gasteiger partial charge in [-0.05, 0) is 12.1 Å². The quantitative estimate of drug-likeness (QED) is 0.859. The third kappa shape index (κ3) is 2.55. The fraction of sp³-hybridized carbons (Fsp3) is 0.167. The van der Waals surface area contributed by atoms with E-state index >= 15 is 0 Å². The zero-order chi connectivity index (χ0) is 12.3. The summed E-state index contributed by atoms with van der Waals surface area (Å²) in [5.74, 6) is 0.818. The lowest BCUT2D eigenvalue weighted by molar-refractivity contribution is -0.109. The molecule has 4 nitrogen and oxygen atoms in total. The van der Waals surface area contributed by atoms with E-state index in [0.29, 0.717) is 19.5 Å². The van der Waals surface area contributed by atoms with Crippen LogP contribution in [0.15, 0.2) is 35.3 Å². The van der Waals surface area contributed by atoms with Gasteiger partial charge in [-0.1, -0.05) is 34.6 Å². The van der Waals surface area contributed by atoms with Gasteiger partial charge in [0, 0.05) is 4.48 Å². The smallest absolute Gasteiger partial charge is 0.207 e. The molecule has 2 aromatic rings. The maximum atomic E-state index is 10.4. The molecule has 1 aromatic carbocycles. The zero-order valence-electron chi connectivity index (χ0n) is 9.19. The largest absolute Gasteiger partial charge is 0.351 e. The number of amides is 1. The summed E-state index contributed by atoms with van der Waals surface area (Å²) in [6, 6.07) is 7.86. The summed E-state index contributed by atoms with van der Waals surface area (Å²) in [4.78, 5) is 14.8. The Morgan fingerprint density at radius 1 is 1.53 bits per heavy atom. The number of benzene rings is 1. The van der Waals surface area contributed by atoms with Crippen LogP contribution in [-0.4, -0.2) is 16.0 Å². The molecule has 0 bridgehead atoms. The molecule has 0 saturated heterocycles. The van der Waals surface area contributed by atoms with Crippen LogP contribution in [0.25, 0.3) is 11.0 Å². The van der Waals surface area contributed by atoms with E-state index in [1.54, 1.807) is 0 Å². The molecule has 0 aliphatic heterocycles. The molecule has 0 saturated carbocycles. The third-order valence-electron chi connectivity index (χ3n) is 2.41. The molecule has 1 aromatic heterocycles. The molecule has 1 N–H and O–H groups in total. The molecule has 0 fully saturated rings. The molecule has 0 aliphatic rings. The van der Waals surface area contributed by atoms with Crippen molar-refractivity contribution in [3.8, 4) is 0 Å². The maximum absolute atomic E-state index is 10.4. The average Bonchev–Trinajstić information content (AvgIpc) is 2.64. The molecule has 0 spiro atoms. The molecular formula is C12H12BrN3O. The van der Waals surface area contributed by atoms with Crippen LogP contribution >= 0.6 is 15.9 Å². The lowest BCUT2D eigenvalue weighted by atomic mass is 10.3. The summed E-state index contributed by atoms with van der Waals surface area (Å²) < 4.78 is 2.90. The fourth-order valence-electron chi connectivity index (χ4n) is 1.74. The van der Waals surface area contributed by atoms with Gasteiger partial charge in [0.25, 0.3) is 0 Å². The van der Waals surface area contributed by atoms with Crippen molar-refractivity contribution in [2.75, 3.05) is 0 Å². The Kier molecular flexibility index (Phi) is 3.58. The number of carbonyl (C=O) groups excluding carboxylic acids is 1. The predicted molar refractivity (Wildman–Crippen MR) is 70.7 cm³/mol. The van der Waals surface area contributed by atoms with E-state index in [4.69, 9.17) is 0 Å². The monoisotopic (exact) mass is 293 g/mol. The van der Waals surface area contributed by atoms with Crippen LogP contribution < -0.4 is 5.32 Å². The average molecular weight is 294 g/mol. The number of hydrogen-bond donors (Lipinski definition) is 1. The van der Waals surface area contributed by atoms with Crippen LogP contribution in [0.3, 0.4) is 0 Å². The lowest BCUT2D eigenvalue weighted by Crippen LogP contribution is -2.15. The van der Waals surface area contributed by atoms with E-state index < -0.39 is 0 Å². The molecule has 2 rings (SSSR count). The molecule has 17 heavy (non-hydrogen) atoms. The molecule has 5 heteroatoms. The van der Waals surface area contributed by atoms with E-state index in [9.17, 15) is 4.79 Å². The standard InChI is InChI=1S/C12H12BrN3O/c1-9(13)7-16-11-5-3-2-4-10(11)15-12(16)6-14-8-17/h2-5,8H,1,6-7H2,(H,14,17). The highest BCUT2D eigenvalue weighted by atomic mass is 79.9. The minimum Gasteiger partial charge on any atom is -0.351 e. The summed E-state index contributed by atoms with van der Waals surface area (Å²) in [5, 5.41) is 2.63. The third-order valence-corrected chi connectivity index (χ3v) is 2.66. The highest BCUT2D eigenvalue weighted by Crippen LogP contribution is 2.18. The van der Waals surface area contributed by atoms with Crippen molar-refractivity contribution in [3.05, 3.63) is 41.2 Å². The van der Waals surface area contributed by atoms with Crippen molar-refractivity contribution in [3.63, 3.8) is 0 Å². The first-order valence-corrected chi connectivity index (χ1v) is 5.96. The molecule has 0 radical (unpaired) electrons. The summed E-state index contributed by atoms with van der Waals surface area (Å²) >= 11 is 3.35.